The molecule has 1 aliphatic carbocycles. The average Bonchev–Trinajstić information content (AvgIpc) is 2.81. The normalized spacial score (nSPS) is 27.3. The number of hydrogen-bond donors (Lipinski definition) is 1. The minimum Gasteiger partial charge on any atom is -0.491 e. The average molecular weight is 273 g/mol. The molecule has 1 N–H and O–H groups in total. The van der Waals surface area contributed by atoms with E-state index in [0.29, 0.717) is 5.92 Å². The van der Waals surface area contributed by atoms with E-state index >= 15 is 0 Å². The fraction of sp³-hybridized carbons (Fsp3) is 0.588. The lowest BCUT2D eigenvalue weighted by Gasteiger charge is -2.27. The minimum absolute atomic E-state index is 0.131. The maximum Gasteiger partial charge on any atom is 0.119 e. The van der Waals surface area contributed by atoms with Crippen LogP contribution >= 0.6 is 0 Å². The zero-order chi connectivity index (χ0) is 14.8. The van der Waals surface area contributed by atoms with E-state index in [1.807, 2.05) is 38.1 Å². The summed E-state index contributed by atoms with van der Waals surface area (Å²) in [5.41, 5.74) is 0.177. The van der Waals surface area contributed by atoms with Gasteiger partial charge in [-0.05, 0) is 56.7 Å². The Morgan fingerprint density at radius 2 is 2.00 bits per heavy atom. The van der Waals surface area contributed by atoms with Crippen LogP contribution in [-0.2, 0) is 0 Å². The molecular weight excluding hydrogens is 250 g/mol. The fourth-order valence-electron chi connectivity index (χ4n) is 3.06. The van der Waals surface area contributed by atoms with E-state index in [-0.39, 0.29) is 6.10 Å². The molecule has 0 radical (unpaired) electrons. The van der Waals surface area contributed by atoms with Crippen molar-refractivity contribution >= 4 is 0 Å². The van der Waals surface area contributed by atoms with Crippen molar-refractivity contribution in [2.45, 2.75) is 52.2 Å². The van der Waals surface area contributed by atoms with Crippen LogP contribution in [0.15, 0.2) is 24.3 Å². The Morgan fingerprint density at radius 3 is 2.45 bits per heavy atom. The van der Waals surface area contributed by atoms with Crippen LogP contribution in [0.4, 0.5) is 0 Å². The van der Waals surface area contributed by atoms with E-state index < -0.39 is 11.5 Å². The highest BCUT2D eigenvalue weighted by atomic mass is 16.5. The van der Waals surface area contributed by atoms with Gasteiger partial charge in [0.1, 0.15) is 5.75 Å². The second kappa shape index (κ2) is 5.85. The molecule has 1 aromatic carbocycles. The Morgan fingerprint density at radius 1 is 1.35 bits per heavy atom. The number of aliphatic hydroxyl groups excluding tert-OH is 1. The summed E-state index contributed by atoms with van der Waals surface area (Å²) in [6, 6.07) is 9.83. The third-order valence-electron chi connectivity index (χ3n) is 4.11. The third kappa shape index (κ3) is 2.96. The smallest absolute Gasteiger partial charge is 0.119 e. The highest BCUT2D eigenvalue weighted by Crippen LogP contribution is 2.49. The molecule has 1 aromatic rings. The SMILES string of the molecule is CC1CCC(C#N)(C(O)c2ccc(OC(C)C)cc2)C1. The molecule has 0 heterocycles. The molecule has 3 nitrogen and oxygen atoms in total. The van der Waals surface area contributed by atoms with E-state index in [2.05, 4.69) is 13.0 Å². The van der Waals surface area contributed by atoms with Gasteiger partial charge in [0.2, 0.25) is 0 Å². The van der Waals surface area contributed by atoms with Gasteiger partial charge in [0.05, 0.1) is 23.7 Å². The van der Waals surface area contributed by atoms with Gasteiger partial charge in [-0.1, -0.05) is 19.1 Å². The topological polar surface area (TPSA) is 53.2 Å². The maximum atomic E-state index is 10.6. The van der Waals surface area contributed by atoms with Gasteiger partial charge in [0.25, 0.3) is 0 Å². The zero-order valence-electron chi connectivity index (χ0n) is 12.5. The van der Waals surface area contributed by atoms with Crippen LogP contribution < -0.4 is 4.74 Å². The van der Waals surface area contributed by atoms with Gasteiger partial charge in [0.15, 0.2) is 0 Å². The van der Waals surface area contributed by atoms with Crippen molar-refractivity contribution in [2.24, 2.45) is 11.3 Å². The Labute approximate surface area is 121 Å². The summed E-state index contributed by atoms with van der Waals surface area (Å²) in [5, 5.41) is 20.1. The number of rotatable bonds is 4. The first-order valence-corrected chi connectivity index (χ1v) is 7.33. The van der Waals surface area contributed by atoms with E-state index in [1.165, 1.54) is 0 Å². The quantitative estimate of drug-likeness (QED) is 0.906. The number of aliphatic hydroxyl groups is 1. The van der Waals surface area contributed by atoms with Gasteiger partial charge in [-0.15, -0.1) is 0 Å². The summed E-state index contributed by atoms with van der Waals surface area (Å²) in [6.07, 6.45) is 1.97. The predicted molar refractivity (Wildman–Crippen MR) is 78.2 cm³/mol. The van der Waals surface area contributed by atoms with Crippen molar-refractivity contribution in [3.05, 3.63) is 29.8 Å². The molecule has 0 aromatic heterocycles. The Kier molecular flexibility index (Phi) is 4.35. The molecule has 0 saturated heterocycles. The molecule has 0 amide bonds. The first kappa shape index (κ1) is 14.9. The zero-order valence-corrected chi connectivity index (χ0v) is 12.5. The van der Waals surface area contributed by atoms with Crippen LogP contribution in [0.5, 0.6) is 5.75 Å². The summed E-state index contributed by atoms with van der Waals surface area (Å²) in [7, 11) is 0. The Balaban J connectivity index is 2.16. The van der Waals surface area contributed by atoms with E-state index in [0.717, 1.165) is 30.6 Å². The van der Waals surface area contributed by atoms with Crippen molar-refractivity contribution < 1.29 is 9.84 Å². The van der Waals surface area contributed by atoms with Crippen LogP contribution in [0.2, 0.25) is 0 Å². The minimum atomic E-state index is -0.717. The molecular formula is C17H23NO2. The Bertz CT molecular complexity index is 489. The summed E-state index contributed by atoms with van der Waals surface area (Å²) in [4.78, 5) is 0. The second-order valence-electron chi connectivity index (χ2n) is 6.25. The Hall–Kier alpha value is -1.53. The fourth-order valence-corrected chi connectivity index (χ4v) is 3.06. The number of ether oxygens (including phenoxy) is 1. The standard InChI is InChI=1S/C17H23NO2/c1-12(2)20-15-6-4-14(5-7-15)16(19)17(11-18)9-8-13(3)10-17/h4-7,12-13,16,19H,8-10H2,1-3H3. The molecule has 1 aliphatic rings. The third-order valence-corrected chi connectivity index (χ3v) is 4.11. The summed E-state index contributed by atoms with van der Waals surface area (Å²) in [6.45, 7) is 6.10. The number of nitriles is 1. The molecule has 108 valence electrons. The van der Waals surface area contributed by atoms with Gasteiger partial charge < -0.3 is 9.84 Å². The molecule has 0 bridgehead atoms. The van der Waals surface area contributed by atoms with Gasteiger partial charge in [0, 0.05) is 0 Å². The second-order valence-corrected chi connectivity index (χ2v) is 6.25. The van der Waals surface area contributed by atoms with Gasteiger partial charge in [-0.2, -0.15) is 5.26 Å². The first-order chi connectivity index (χ1) is 9.47. The predicted octanol–water partition coefficient (Wildman–Crippen LogP) is 3.84. The van der Waals surface area contributed by atoms with Crippen molar-refractivity contribution in [1.82, 2.24) is 0 Å². The maximum absolute atomic E-state index is 10.6. The van der Waals surface area contributed by atoms with Gasteiger partial charge >= 0.3 is 0 Å². The number of nitrogens with zero attached hydrogens (tertiary/aromatic N) is 1. The largest absolute Gasteiger partial charge is 0.491 e. The lowest BCUT2D eigenvalue weighted by atomic mass is 9.78. The van der Waals surface area contributed by atoms with Crippen LogP contribution in [0.25, 0.3) is 0 Å². The van der Waals surface area contributed by atoms with Crippen molar-refractivity contribution in [1.29, 1.82) is 5.26 Å². The van der Waals surface area contributed by atoms with Crippen LogP contribution in [0.3, 0.4) is 0 Å². The van der Waals surface area contributed by atoms with E-state index in [1.54, 1.807) is 0 Å². The highest BCUT2D eigenvalue weighted by Gasteiger charge is 2.44. The molecule has 3 heteroatoms. The van der Waals surface area contributed by atoms with E-state index in [4.69, 9.17) is 4.74 Å². The van der Waals surface area contributed by atoms with Crippen LogP contribution in [0.1, 0.15) is 51.7 Å². The van der Waals surface area contributed by atoms with Crippen LogP contribution in [-0.4, -0.2) is 11.2 Å². The van der Waals surface area contributed by atoms with Crippen molar-refractivity contribution in [2.75, 3.05) is 0 Å². The molecule has 0 spiro atoms. The van der Waals surface area contributed by atoms with Crippen molar-refractivity contribution in [3.8, 4) is 11.8 Å². The van der Waals surface area contributed by atoms with Gasteiger partial charge in [-0.3, -0.25) is 0 Å². The van der Waals surface area contributed by atoms with Crippen LogP contribution in [0, 0.1) is 22.7 Å². The monoisotopic (exact) mass is 273 g/mol. The highest BCUT2D eigenvalue weighted by molar-refractivity contribution is 5.31. The van der Waals surface area contributed by atoms with Crippen molar-refractivity contribution in [3.63, 3.8) is 0 Å². The van der Waals surface area contributed by atoms with E-state index in [9.17, 15) is 10.4 Å². The number of hydrogen-bond acceptors (Lipinski definition) is 3. The molecule has 3 unspecified atom stereocenters. The number of benzene rings is 1. The summed E-state index contributed by atoms with van der Waals surface area (Å²) >= 11 is 0. The molecule has 20 heavy (non-hydrogen) atoms. The lowest BCUT2D eigenvalue weighted by molar-refractivity contribution is 0.0646. The molecule has 2 rings (SSSR count). The van der Waals surface area contributed by atoms with Gasteiger partial charge in [-0.25, -0.2) is 0 Å². The molecule has 0 aliphatic heterocycles. The molecule has 3 atom stereocenters. The molecule has 1 fully saturated rings. The lowest BCUT2D eigenvalue weighted by Crippen LogP contribution is -2.24. The first-order valence-electron chi connectivity index (χ1n) is 7.33. The molecule has 1 saturated carbocycles. The summed E-state index contributed by atoms with van der Waals surface area (Å²) < 4.78 is 5.60. The summed E-state index contributed by atoms with van der Waals surface area (Å²) in [5.74, 6) is 1.30.